The molecule has 4 fully saturated rings. The number of hydrogen-bond donors (Lipinski definition) is 2. The summed E-state index contributed by atoms with van der Waals surface area (Å²) in [7, 11) is 4.60. The molecule has 6 heteroatoms. The lowest BCUT2D eigenvalue weighted by atomic mass is 9.45. The summed E-state index contributed by atoms with van der Waals surface area (Å²) < 4.78 is 0. The van der Waals surface area contributed by atoms with Gasteiger partial charge in [-0.05, 0) is 118 Å². The van der Waals surface area contributed by atoms with E-state index in [1.807, 2.05) is 17.6 Å². The number of rotatable bonds is 6. The number of hydrogen-bond acceptors (Lipinski definition) is 4. The Bertz CT molecular complexity index is 1120. The number of carbonyl (C=O) groups excluding carboxylic acids is 1. The van der Waals surface area contributed by atoms with E-state index in [4.69, 9.17) is 0 Å². The quantitative estimate of drug-likeness (QED) is 0.406. The van der Waals surface area contributed by atoms with E-state index < -0.39 is 0 Å². The first-order chi connectivity index (χ1) is 18.8. The van der Waals surface area contributed by atoms with Gasteiger partial charge in [0.1, 0.15) is 5.01 Å². The Hall–Kier alpha value is -1.92. The number of thiazole rings is 1. The van der Waals surface area contributed by atoms with Crippen molar-refractivity contribution in [3.8, 4) is 0 Å². The zero-order valence-electron chi connectivity index (χ0n) is 24.4. The summed E-state index contributed by atoms with van der Waals surface area (Å²) in [6.07, 6.45) is 14.4. The molecule has 4 aliphatic rings. The fourth-order valence-corrected chi connectivity index (χ4v) is 10.7. The van der Waals surface area contributed by atoms with Gasteiger partial charge < -0.3 is 15.5 Å². The van der Waals surface area contributed by atoms with Crippen LogP contribution >= 0.6 is 11.3 Å². The first-order valence-corrected chi connectivity index (χ1v) is 16.3. The van der Waals surface area contributed by atoms with Gasteiger partial charge in [-0.1, -0.05) is 44.2 Å². The third-order valence-corrected chi connectivity index (χ3v) is 12.8. The average molecular weight is 549 g/mol. The van der Waals surface area contributed by atoms with E-state index >= 15 is 0 Å². The number of amides is 2. The zero-order valence-corrected chi connectivity index (χ0v) is 25.2. The Balaban J connectivity index is 1.09. The third kappa shape index (κ3) is 5.05. The molecule has 1 heterocycles. The number of urea groups is 1. The van der Waals surface area contributed by atoms with Crippen LogP contribution in [0.15, 0.2) is 41.9 Å². The van der Waals surface area contributed by atoms with Crippen molar-refractivity contribution in [3.05, 3.63) is 52.5 Å². The lowest BCUT2D eigenvalue weighted by Gasteiger charge is -2.61. The summed E-state index contributed by atoms with van der Waals surface area (Å²) in [5, 5.41) is 9.64. The lowest BCUT2D eigenvalue weighted by Crippen LogP contribution is -2.57. The SMILES string of the molecule is CN(C)[C@H]1CC[C@H]2[C@@H]3CC[C@@H]4C[C@@H](NC(=O)N[C@@H](Cc5ccccc5)c5nccs5)CC[C@]4(C)[C@H]3CC[C@]12C. The molecule has 4 aliphatic carbocycles. The van der Waals surface area contributed by atoms with Crippen molar-refractivity contribution in [2.75, 3.05) is 14.1 Å². The van der Waals surface area contributed by atoms with E-state index in [1.54, 1.807) is 11.3 Å². The summed E-state index contributed by atoms with van der Waals surface area (Å²) in [5.41, 5.74) is 2.15. The standard InChI is InChI=1S/C33H48N4OS/c1-32-16-14-24(35-31(38)36-28(30-34-18-19-39-30)20-22-8-6-5-7-9-22)21-23(32)10-11-25-26-12-13-29(37(3)4)33(26,2)17-15-27(25)32/h5-9,18-19,23-29H,10-17,20-21H2,1-4H3,(H2,35,36,38)/t23-,24+,25+,26+,27+,28+,29+,32+,33+/m1/s1. The highest BCUT2D eigenvalue weighted by Crippen LogP contribution is 2.66. The highest BCUT2D eigenvalue weighted by molar-refractivity contribution is 7.09. The molecule has 2 N–H and O–H groups in total. The van der Waals surface area contributed by atoms with Crippen LogP contribution in [0.1, 0.15) is 88.2 Å². The van der Waals surface area contributed by atoms with Crippen LogP contribution in [-0.4, -0.2) is 42.1 Å². The Labute approximate surface area is 239 Å². The van der Waals surface area contributed by atoms with Gasteiger partial charge in [-0.25, -0.2) is 9.78 Å². The Morgan fingerprint density at radius 3 is 2.54 bits per heavy atom. The Morgan fingerprint density at radius 1 is 1.03 bits per heavy atom. The molecule has 0 bridgehead atoms. The minimum Gasteiger partial charge on any atom is -0.335 e. The molecule has 1 aromatic heterocycles. The van der Waals surface area contributed by atoms with Gasteiger partial charge >= 0.3 is 6.03 Å². The van der Waals surface area contributed by atoms with E-state index in [9.17, 15) is 4.79 Å². The van der Waals surface area contributed by atoms with Crippen molar-refractivity contribution in [1.29, 1.82) is 0 Å². The zero-order chi connectivity index (χ0) is 27.2. The maximum Gasteiger partial charge on any atom is 0.315 e. The van der Waals surface area contributed by atoms with E-state index in [-0.39, 0.29) is 18.1 Å². The molecule has 0 unspecified atom stereocenters. The molecule has 39 heavy (non-hydrogen) atoms. The molecule has 1 aromatic carbocycles. The van der Waals surface area contributed by atoms with Crippen LogP contribution in [0, 0.1) is 34.5 Å². The monoisotopic (exact) mass is 548 g/mol. The van der Waals surface area contributed by atoms with Gasteiger partial charge in [-0.2, -0.15) is 0 Å². The molecule has 5 nitrogen and oxygen atoms in total. The summed E-state index contributed by atoms with van der Waals surface area (Å²) in [4.78, 5) is 20.3. The van der Waals surface area contributed by atoms with Gasteiger partial charge in [0.25, 0.3) is 0 Å². The molecule has 0 saturated heterocycles. The molecule has 9 atom stereocenters. The minimum absolute atomic E-state index is 0.0393. The number of fused-ring (bicyclic) bond motifs is 5. The summed E-state index contributed by atoms with van der Waals surface area (Å²) in [6.45, 7) is 5.25. The fourth-order valence-electron chi connectivity index (χ4n) is 10.1. The second-order valence-electron chi connectivity index (χ2n) is 14.0. The molecule has 2 amide bonds. The molecular formula is C33H48N4OS. The lowest BCUT2D eigenvalue weighted by molar-refractivity contribution is -0.115. The van der Waals surface area contributed by atoms with E-state index in [0.29, 0.717) is 10.8 Å². The van der Waals surface area contributed by atoms with Crippen LogP contribution in [0.4, 0.5) is 4.79 Å². The van der Waals surface area contributed by atoms with Crippen molar-refractivity contribution < 1.29 is 4.79 Å². The number of nitrogens with one attached hydrogen (secondary N) is 2. The smallest absolute Gasteiger partial charge is 0.315 e. The average Bonchev–Trinajstić information content (AvgIpc) is 3.57. The van der Waals surface area contributed by atoms with Gasteiger partial charge in [0, 0.05) is 23.7 Å². The molecular weight excluding hydrogens is 500 g/mol. The Morgan fingerprint density at radius 2 is 1.79 bits per heavy atom. The fraction of sp³-hybridized carbons (Fsp3) is 0.697. The molecule has 6 rings (SSSR count). The predicted octanol–water partition coefficient (Wildman–Crippen LogP) is 7.07. The molecule has 2 aromatic rings. The van der Waals surface area contributed by atoms with Crippen molar-refractivity contribution in [2.24, 2.45) is 34.5 Å². The van der Waals surface area contributed by atoms with E-state index in [2.05, 4.69) is 72.7 Å². The Kier molecular flexibility index (Phi) is 7.56. The van der Waals surface area contributed by atoms with Gasteiger partial charge in [0.2, 0.25) is 0 Å². The second-order valence-corrected chi connectivity index (χ2v) is 14.9. The van der Waals surface area contributed by atoms with Crippen LogP contribution < -0.4 is 10.6 Å². The predicted molar refractivity (Wildman–Crippen MR) is 160 cm³/mol. The van der Waals surface area contributed by atoms with Gasteiger partial charge in [0.15, 0.2) is 0 Å². The number of aromatic nitrogens is 1. The highest BCUT2D eigenvalue weighted by Gasteiger charge is 2.60. The summed E-state index contributed by atoms with van der Waals surface area (Å²) in [5.74, 6) is 3.40. The third-order valence-electron chi connectivity index (χ3n) is 11.9. The normalized spacial score (nSPS) is 38.4. The van der Waals surface area contributed by atoms with Gasteiger partial charge in [-0.3, -0.25) is 0 Å². The van der Waals surface area contributed by atoms with Crippen LogP contribution in [0.2, 0.25) is 0 Å². The van der Waals surface area contributed by atoms with Crippen molar-refractivity contribution in [1.82, 2.24) is 20.5 Å². The minimum atomic E-state index is -0.106. The molecule has 0 spiro atoms. The van der Waals surface area contributed by atoms with Gasteiger partial charge in [-0.15, -0.1) is 11.3 Å². The maximum absolute atomic E-state index is 13.3. The molecule has 0 aliphatic heterocycles. The topological polar surface area (TPSA) is 57.3 Å². The first kappa shape index (κ1) is 27.3. The van der Waals surface area contributed by atoms with Crippen molar-refractivity contribution in [2.45, 2.75) is 96.2 Å². The molecule has 0 radical (unpaired) electrons. The number of nitrogens with zero attached hydrogens (tertiary/aromatic N) is 2. The summed E-state index contributed by atoms with van der Waals surface area (Å²) >= 11 is 1.61. The van der Waals surface area contributed by atoms with Gasteiger partial charge in [0.05, 0.1) is 6.04 Å². The van der Waals surface area contributed by atoms with Crippen molar-refractivity contribution >= 4 is 17.4 Å². The molecule has 4 saturated carbocycles. The maximum atomic E-state index is 13.3. The van der Waals surface area contributed by atoms with Crippen LogP contribution in [0.5, 0.6) is 0 Å². The summed E-state index contributed by atoms with van der Waals surface area (Å²) in [6, 6.07) is 11.3. The second kappa shape index (κ2) is 10.8. The molecule has 212 valence electrons. The van der Waals surface area contributed by atoms with Crippen LogP contribution in [0.3, 0.4) is 0 Å². The van der Waals surface area contributed by atoms with E-state index in [1.165, 1.54) is 50.5 Å². The number of benzene rings is 1. The van der Waals surface area contributed by atoms with Crippen LogP contribution in [-0.2, 0) is 6.42 Å². The first-order valence-electron chi connectivity index (χ1n) is 15.4. The van der Waals surface area contributed by atoms with Crippen molar-refractivity contribution in [3.63, 3.8) is 0 Å². The van der Waals surface area contributed by atoms with E-state index in [0.717, 1.165) is 54.0 Å². The highest BCUT2D eigenvalue weighted by atomic mass is 32.1. The van der Waals surface area contributed by atoms with Crippen LogP contribution in [0.25, 0.3) is 0 Å². The largest absolute Gasteiger partial charge is 0.335 e. The number of carbonyl (C=O) groups is 1.